The summed E-state index contributed by atoms with van der Waals surface area (Å²) in [6.45, 7) is 7.10. The summed E-state index contributed by atoms with van der Waals surface area (Å²) in [7, 11) is 0. The molecule has 1 saturated heterocycles. The van der Waals surface area contributed by atoms with Crippen LogP contribution in [0.3, 0.4) is 0 Å². The van der Waals surface area contributed by atoms with Gasteiger partial charge in [0.1, 0.15) is 24.1 Å². The molecule has 0 radical (unpaired) electrons. The van der Waals surface area contributed by atoms with Crippen LogP contribution in [-0.4, -0.2) is 42.6 Å². The quantitative estimate of drug-likeness (QED) is 0.747. The average Bonchev–Trinajstić information content (AvgIpc) is 2.76. The van der Waals surface area contributed by atoms with Gasteiger partial charge in [0, 0.05) is 0 Å². The molecule has 1 aromatic carbocycles. The Morgan fingerprint density at radius 1 is 1.13 bits per heavy atom. The first-order valence-corrected chi connectivity index (χ1v) is 7.98. The SMILES string of the molecule is CCOc1ccc(OCCN2C(=O)NC(CC(C)C)C2=O)cc1. The van der Waals surface area contributed by atoms with E-state index >= 15 is 0 Å². The minimum atomic E-state index is -0.409. The molecule has 0 saturated carbocycles. The number of benzene rings is 1. The Hall–Kier alpha value is -2.24. The Bertz CT molecular complexity index is 542. The summed E-state index contributed by atoms with van der Waals surface area (Å²) < 4.78 is 10.9. The van der Waals surface area contributed by atoms with E-state index in [0.717, 1.165) is 5.75 Å². The normalized spacial score (nSPS) is 17.6. The number of nitrogens with one attached hydrogen (secondary N) is 1. The molecule has 0 aromatic heterocycles. The van der Waals surface area contributed by atoms with Crippen molar-refractivity contribution in [2.24, 2.45) is 5.92 Å². The summed E-state index contributed by atoms with van der Waals surface area (Å²) in [5.74, 6) is 1.65. The molecule has 1 fully saturated rings. The van der Waals surface area contributed by atoms with Crippen LogP contribution in [0.25, 0.3) is 0 Å². The zero-order chi connectivity index (χ0) is 16.8. The van der Waals surface area contributed by atoms with Crippen molar-refractivity contribution in [3.63, 3.8) is 0 Å². The fraction of sp³-hybridized carbons (Fsp3) is 0.529. The zero-order valence-electron chi connectivity index (χ0n) is 13.9. The number of urea groups is 1. The number of nitrogens with zero attached hydrogens (tertiary/aromatic N) is 1. The van der Waals surface area contributed by atoms with E-state index in [1.165, 1.54) is 4.90 Å². The molecule has 126 valence electrons. The van der Waals surface area contributed by atoms with Crippen molar-refractivity contribution < 1.29 is 19.1 Å². The minimum Gasteiger partial charge on any atom is -0.494 e. The van der Waals surface area contributed by atoms with Crippen LogP contribution in [0.15, 0.2) is 24.3 Å². The van der Waals surface area contributed by atoms with Crippen LogP contribution >= 0.6 is 0 Å². The molecule has 1 aliphatic heterocycles. The largest absolute Gasteiger partial charge is 0.494 e. The van der Waals surface area contributed by atoms with Gasteiger partial charge in [-0.05, 0) is 43.5 Å². The van der Waals surface area contributed by atoms with Crippen LogP contribution in [0.4, 0.5) is 4.79 Å². The highest BCUT2D eigenvalue weighted by Crippen LogP contribution is 2.18. The average molecular weight is 320 g/mol. The smallest absolute Gasteiger partial charge is 0.324 e. The second kappa shape index (κ2) is 7.85. The van der Waals surface area contributed by atoms with Gasteiger partial charge in [-0.25, -0.2) is 4.79 Å². The van der Waals surface area contributed by atoms with Crippen LogP contribution < -0.4 is 14.8 Å². The molecular formula is C17H24N2O4. The number of hydrogen-bond donors (Lipinski definition) is 1. The van der Waals surface area contributed by atoms with E-state index in [-0.39, 0.29) is 25.1 Å². The van der Waals surface area contributed by atoms with Crippen LogP contribution in [0.5, 0.6) is 11.5 Å². The third-order valence-electron chi connectivity index (χ3n) is 3.53. The molecular weight excluding hydrogens is 296 g/mol. The molecule has 1 heterocycles. The van der Waals surface area contributed by atoms with Crippen molar-refractivity contribution >= 4 is 11.9 Å². The van der Waals surface area contributed by atoms with Gasteiger partial charge in [0.2, 0.25) is 0 Å². The van der Waals surface area contributed by atoms with E-state index in [4.69, 9.17) is 9.47 Å². The molecule has 6 nitrogen and oxygen atoms in total. The molecule has 2 rings (SSSR count). The van der Waals surface area contributed by atoms with Gasteiger partial charge in [-0.2, -0.15) is 0 Å². The van der Waals surface area contributed by atoms with Gasteiger partial charge in [-0.3, -0.25) is 9.69 Å². The standard InChI is InChI=1S/C17H24N2O4/c1-4-22-13-5-7-14(8-6-13)23-10-9-19-16(20)15(11-12(2)3)18-17(19)21/h5-8,12,15H,4,9-11H2,1-3H3,(H,18,21). The number of ether oxygens (including phenoxy) is 2. The second-order valence-electron chi connectivity index (χ2n) is 5.87. The lowest BCUT2D eigenvalue weighted by molar-refractivity contribution is -0.128. The Kier molecular flexibility index (Phi) is 5.84. The minimum absolute atomic E-state index is 0.168. The van der Waals surface area contributed by atoms with Gasteiger partial charge in [-0.1, -0.05) is 13.8 Å². The van der Waals surface area contributed by atoms with Crippen molar-refractivity contribution in [2.75, 3.05) is 19.8 Å². The second-order valence-corrected chi connectivity index (χ2v) is 5.87. The molecule has 1 aliphatic rings. The molecule has 3 amide bonds. The lowest BCUT2D eigenvalue weighted by Gasteiger charge is -2.14. The number of carbonyl (C=O) groups excluding carboxylic acids is 2. The van der Waals surface area contributed by atoms with Crippen molar-refractivity contribution in [3.05, 3.63) is 24.3 Å². The first-order chi connectivity index (χ1) is 11.0. The van der Waals surface area contributed by atoms with E-state index in [1.54, 1.807) is 12.1 Å². The lowest BCUT2D eigenvalue weighted by Crippen LogP contribution is -2.35. The van der Waals surface area contributed by atoms with Crippen molar-refractivity contribution in [3.8, 4) is 11.5 Å². The maximum atomic E-state index is 12.2. The monoisotopic (exact) mass is 320 g/mol. The zero-order valence-corrected chi connectivity index (χ0v) is 13.9. The van der Waals surface area contributed by atoms with Gasteiger partial charge in [0.15, 0.2) is 0 Å². The summed E-state index contributed by atoms with van der Waals surface area (Å²) >= 11 is 0. The van der Waals surface area contributed by atoms with Crippen LogP contribution in [0.1, 0.15) is 27.2 Å². The highest BCUT2D eigenvalue weighted by molar-refractivity contribution is 6.04. The maximum absolute atomic E-state index is 12.2. The topological polar surface area (TPSA) is 67.9 Å². The van der Waals surface area contributed by atoms with Crippen molar-refractivity contribution in [2.45, 2.75) is 33.2 Å². The van der Waals surface area contributed by atoms with E-state index < -0.39 is 6.04 Å². The van der Waals surface area contributed by atoms with E-state index in [9.17, 15) is 9.59 Å². The van der Waals surface area contributed by atoms with Crippen molar-refractivity contribution in [1.29, 1.82) is 0 Å². The highest BCUT2D eigenvalue weighted by Gasteiger charge is 2.37. The van der Waals surface area contributed by atoms with Crippen LogP contribution in [-0.2, 0) is 4.79 Å². The summed E-state index contributed by atoms with van der Waals surface area (Å²) in [5.41, 5.74) is 0. The Morgan fingerprint density at radius 2 is 1.74 bits per heavy atom. The van der Waals surface area contributed by atoms with Gasteiger partial charge >= 0.3 is 6.03 Å². The fourth-order valence-electron chi connectivity index (χ4n) is 2.47. The third-order valence-corrected chi connectivity index (χ3v) is 3.53. The van der Waals surface area contributed by atoms with Gasteiger partial charge in [-0.15, -0.1) is 0 Å². The van der Waals surface area contributed by atoms with Crippen LogP contribution in [0.2, 0.25) is 0 Å². The molecule has 1 atom stereocenters. The number of hydrogen-bond acceptors (Lipinski definition) is 4. The van der Waals surface area contributed by atoms with E-state index in [2.05, 4.69) is 5.32 Å². The summed E-state index contributed by atoms with van der Waals surface area (Å²) in [5, 5.41) is 2.72. The highest BCUT2D eigenvalue weighted by atomic mass is 16.5. The Labute approximate surface area is 136 Å². The number of carbonyl (C=O) groups is 2. The lowest BCUT2D eigenvalue weighted by atomic mass is 10.0. The molecule has 0 bridgehead atoms. The molecule has 23 heavy (non-hydrogen) atoms. The first-order valence-electron chi connectivity index (χ1n) is 7.98. The predicted octanol–water partition coefficient (Wildman–Crippen LogP) is 2.43. The van der Waals surface area contributed by atoms with Crippen LogP contribution in [0, 0.1) is 5.92 Å². The number of imide groups is 1. The number of amides is 3. The van der Waals surface area contributed by atoms with Gasteiger partial charge < -0.3 is 14.8 Å². The maximum Gasteiger partial charge on any atom is 0.324 e. The Balaban J connectivity index is 1.81. The molecule has 6 heteroatoms. The van der Waals surface area contributed by atoms with E-state index in [0.29, 0.717) is 24.7 Å². The van der Waals surface area contributed by atoms with E-state index in [1.807, 2.05) is 32.9 Å². The van der Waals surface area contributed by atoms with Gasteiger partial charge in [0.25, 0.3) is 5.91 Å². The van der Waals surface area contributed by atoms with Gasteiger partial charge in [0.05, 0.1) is 13.2 Å². The molecule has 1 N–H and O–H groups in total. The predicted molar refractivity (Wildman–Crippen MR) is 86.6 cm³/mol. The summed E-state index contributed by atoms with van der Waals surface area (Å²) in [4.78, 5) is 25.3. The molecule has 0 spiro atoms. The van der Waals surface area contributed by atoms with Crippen molar-refractivity contribution in [1.82, 2.24) is 10.2 Å². The Morgan fingerprint density at radius 3 is 2.30 bits per heavy atom. The number of rotatable bonds is 8. The molecule has 1 aromatic rings. The third kappa shape index (κ3) is 4.61. The fourth-order valence-corrected chi connectivity index (χ4v) is 2.47. The molecule has 0 aliphatic carbocycles. The summed E-state index contributed by atoms with van der Waals surface area (Å²) in [6.07, 6.45) is 0.654. The first kappa shape index (κ1) is 17.1. The summed E-state index contributed by atoms with van der Waals surface area (Å²) in [6, 6.07) is 6.51. The molecule has 1 unspecified atom stereocenters.